The Morgan fingerprint density at radius 3 is 1.81 bits per heavy atom. The summed E-state index contributed by atoms with van der Waals surface area (Å²) in [6, 6.07) is 3.85. The molecule has 0 radical (unpaired) electrons. The van der Waals surface area contributed by atoms with E-state index in [1.165, 1.54) is 11.3 Å². The molecular weight excluding hydrogens is 527 g/mol. The number of esters is 2. The second kappa shape index (κ2) is 16.5. The summed E-state index contributed by atoms with van der Waals surface area (Å²) in [4.78, 5) is 26.9. The van der Waals surface area contributed by atoms with Crippen LogP contribution in [0.2, 0.25) is 13.3 Å². The summed E-state index contributed by atoms with van der Waals surface area (Å²) in [7, 11) is 0. The van der Waals surface area contributed by atoms with Gasteiger partial charge in [0.05, 0.1) is 0 Å². The summed E-state index contributed by atoms with van der Waals surface area (Å²) in [6.07, 6.45) is 10.6. The third-order valence-electron chi connectivity index (χ3n) is 5.79. The quantitative estimate of drug-likeness (QED) is 0.0892. The van der Waals surface area contributed by atoms with E-state index in [0.717, 1.165) is 60.3 Å². The average molecular weight is 569 g/mol. The fourth-order valence-electron chi connectivity index (χ4n) is 4.05. The van der Waals surface area contributed by atoms with Crippen LogP contribution in [0.5, 0.6) is 0 Å². The number of hydrogen-bond donors (Lipinski definition) is 0. The van der Waals surface area contributed by atoms with Gasteiger partial charge in [0, 0.05) is 0 Å². The standard InChI is InChI=1S/C14H15O4S.3C4H9.Sn/c1-3-17-13(15)9-5-7-11(14(16)18-4-2)12-8-6-10-19-12;3*1-3-4-2;/h5-8,10H,3-4H2,1-2H3;3*1,3-4H2,2H3;/b9-5?,11-7+;;;;. The zero-order valence-electron chi connectivity index (χ0n) is 20.7. The monoisotopic (exact) mass is 570 g/mol. The van der Waals surface area contributed by atoms with Crippen LogP contribution in [0.15, 0.2) is 33.3 Å². The Labute approximate surface area is 203 Å². The Morgan fingerprint density at radius 2 is 1.38 bits per heavy atom. The van der Waals surface area contributed by atoms with Gasteiger partial charge in [-0.05, 0) is 0 Å². The van der Waals surface area contributed by atoms with Crippen molar-refractivity contribution in [2.45, 2.75) is 86.5 Å². The van der Waals surface area contributed by atoms with Crippen molar-refractivity contribution in [1.29, 1.82) is 0 Å². The van der Waals surface area contributed by atoms with E-state index in [0.29, 0.717) is 18.8 Å². The van der Waals surface area contributed by atoms with E-state index in [-0.39, 0.29) is 11.9 Å². The molecule has 6 heteroatoms. The van der Waals surface area contributed by atoms with Crippen molar-refractivity contribution < 1.29 is 19.1 Å². The summed E-state index contributed by atoms with van der Waals surface area (Å²) >= 11 is -1.55. The van der Waals surface area contributed by atoms with Crippen molar-refractivity contribution in [3.63, 3.8) is 0 Å². The third-order valence-corrected chi connectivity index (χ3v) is 22.2. The van der Waals surface area contributed by atoms with Crippen LogP contribution in [0.4, 0.5) is 0 Å². The van der Waals surface area contributed by atoms with Crippen molar-refractivity contribution in [2.75, 3.05) is 13.2 Å². The SMILES string of the molecule is CCC[CH2][Sn]([CH2]CCC)([CH2]CCC)/[C](=C\C=C(\C(=O)OCC)c1cccs1)C(=O)OCC. The van der Waals surface area contributed by atoms with Gasteiger partial charge in [0.25, 0.3) is 0 Å². The first-order valence-corrected chi connectivity index (χ1v) is 20.7. The van der Waals surface area contributed by atoms with E-state index in [1.54, 1.807) is 0 Å². The summed E-state index contributed by atoms with van der Waals surface area (Å²) in [5.41, 5.74) is 0.519. The van der Waals surface area contributed by atoms with E-state index in [4.69, 9.17) is 9.47 Å². The van der Waals surface area contributed by atoms with Crippen LogP contribution in [-0.2, 0) is 19.1 Å². The molecule has 0 saturated carbocycles. The average Bonchev–Trinajstić information content (AvgIpc) is 3.31. The number of unbranched alkanes of at least 4 members (excludes halogenated alkanes) is 3. The molecule has 0 bridgehead atoms. The van der Waals surface area contributed by atoms with Crippen molar-refractivity contribution in [3.05, 3.63) is 38.1 Å². The number of ether oxygens (including phenoxy) is 2. The van der Waals surface area contributed by atoms with Crippen LogP contribution in [0.25, 0.3) is 5.57 Å². The zero-order chi connectivity index (χ0) is 23.8. The second-order valence-electron chi connectivity index (χ2n) is 8.17. The number of hydrogen-bond acceptors (Lipinski definition) is 5. The first-order chi connectivity index (χ1) is 15.5. The van der Waals surface area contributed by atoms with Gasteiger partial charge in [-0.3, -0.25) is 0 Å². The molecule has 0 saturated heterocycles. The molecule has 0 aliphatic carbocycles. The Balaban J connectivity index is 3.61. The zero-order valence-corrected chi connectivity index (χ0v) is 24.4. The molecule has 0 aliphatic heterocycles. The van der Waals surface area contributed by atoms with Crippen molar-refractivity contribution in [2.24, 2.45) is 0 Å². The van der Waals surface area contributed by atoms with E-state index in [2.05, 4.69) is 20.8 Å². The molecule has 0 aromatic carbocycles. The van der Waals surface area contributed by atoms with Crippen LogP contribution in [0.1, 0.15) is 78.0 Å². The van der Waals surface area contributed by atoms with Crippen LogP contribution in [0, 0.1) is 0 Å². The molecule has 0 unspecified atom stereocenters. The summed E-state index contributed by atoms with van der Waals surface area (Å²) < 4.78 is 15.3. The number of carbonyl (C=O) groups is 2. The molecule has 4 nitrogen and oxygen atoms in total. The molecule has 0 amide bonds. The molecule has 0 fully saturated rings. The molecule has 0 spiro atoms. The fraction of sp³-hybridized carbons (Fsp3) is 0.615. The summed E-state index contributed by atoms with van der Waals surface area (Å²) in [6.45, 7) is 11.0. The van der Waals surface area contributed by atoms with Gasteiger partial charge in [0.1, 0.15) is 0 Å². The number of rotatable bonds is 16. The molecule has 0 atom stereocenters. The molecule has 1 rings (SSSR count). The van der Waals surface area contributed by atoms with E-state index in [9.17, 15) is 9.59 Å². The third kappa shape index (κ3) is 9.05. The van der Waals surface area contributed by atoms with Gasteiger partial charge in [-0.1, -0.05) is 0 Å². The van der Waals surface area contributed by atoms with Crippen LogP contribution < -0.4 is 0 Å². The van der Waals surface area contributed by atoms with Gasteiger partial charge in [0.15, 0.2) is 0 Å². The van der Waals surface area contributed by atoms with Crippen molar-refractivity contribution >= 4 is 47.2 Å². The minimum atomic E-state index is -3.05. The maximum atomic E-state index is 13.3. The van der Waals surface area contributed by atoms with E-state index < -0.39 is 18.4 Å². The van der Waals surface area contributed by atoms with Gasteiger partial charge >= 0.3 is 204 Å². The van der Waals surface area contributed by atoms with Crippen molar-refractivity contribution in [3.8, 4) is 0 Å². The summed E-state index contributed by atoms with van der Waals surface area (Å²) in [5, 5.41) is 1.95. The number of allylic oxidation sites excluding steroid dienone is 2. The second-order valence-corrected chi connectivity index (χ2v) is 22.2. The predicted octanol–water partition coefficient (Wildman–Crippen LogP) is 7.57. The first kappa shape index (κ1) is 29.0. The number of thiophene rings is 1. The van der Waals surface area contributed by atoms with Gasteiger partial charge in [0.2, 0.25) is 0 Å². The molecule has 1 aromatic rings. The van der Waals surface area contributed by atoms with E-state index in [1.807, 2.05) is 43.5 Å². The molecule has 32 heavy (non-hydrogen) atoms. The number of carbonyl (C=O) groups excluding carboxylic acids is 2. The molecule has 0 aliphatic rings. The Morgan fingerprint density at radius 1 is 0.844 bits per heavy atom. The van der Waals surface area contributed by atoms with E-state index >= 15 is 0 Å². The van der Waals surface area contributed by atoms with Crippen LogP contribution >= 0.6 is 11.3 Å². The normalized spacial score (nSPS) is 12.7. The fourth-order valence-corrected chi connectivity index (χ4v) is 20.7. The molecule has 1 heterocycles. The van der Waals surface area contributed by atoms with Gasteiger partial charge in [-0.2, -0.15) is 0 Å². The summed E-state index contributed by atoms with van der Waals surface area (Å²) in [5.74, 6) is -0.511. The Kier molecular flexibility index (Phi) is 14.9. The van der Waals surface area contributed by atoms with Gasteiger partial charge in [-0.25, -0.2) is 0 Å². The Bertz CT molecular complexity index is 715. The molecule has 180 valence electrons. The topological polar surface area (TPSA) is 52.6 Å². The molecule has 1 aromatic heterocycles. The first-order valence-electron chi connectivity index (χ1n) is 12.3. The Hall–Kier alpha value is -1.08. The molecular formula is C26H42O4SSn. The predicted molar refractivity (Wildman–Crippen MR) is 139 cm³/mol. The van der Waals surface area contributed by atoms with Crippen molar-refractivity contribution in [1.82, 2.24) is 0 Å². The van der Waals surface area contributed by atoms with Crippen LogP contribution in [-0.4, -0.2) is 43.5 Å². The van der Waals surface area contributed by atoms with Crippen LogP contribution in [0.3, 0.4) is 0 Å². The van der Waals surface area contributed by atoms with Gasteiger partial charge < -0.3 is 0 Å². The molecule has 0 N–H and O–H groups in total. The minimum absolute atomic E-state index is 0.169. The van der Waals surface area contributed by atoms with Gasteiger partial charge in [-0.15, -0.1) is 0 Å². The maximum absolute atomic E-state index is 13.3.